The lowest BCUT2D eigenvalue weighted by atomic mass is 10.0. The smallest absolute Gasteiger partial charge is 0.128 e. The van der Waals surface area contributed by atoms with Gasteiger partial charge in [-0.2, -0.15) is 0 Å². The van der Waals surface area contributed by atoms with Crippen LogP contribution in [0.25, 0.3) is 10.8 Å². The first-order valence-electron chi connectivity index (χ1n) is 9.12. The van der Waals surface area contributed by atoms with E-state index in [0.29, 0.717) is 18.0 Å². The van der Waals surface area contributed by atoms with Gasteiger partial charge in [-0.15, -0.1) is 0 Å². The van der Waals surface area contributed by atoms with Gasteiger partial charge in [0.25, 0.3) is 0 Å². The minimum absolute atomic E-state index is 0.330. The molecule has 3 aromatic rings. The van der Waals surface area contributed by atoms with Gasteiger partial charge in [0, 0.05) is 35.9 Å². The van der Waals surface area contributed by atoms with Gasteiger partial charge in [0.05, 0.1) is 6.10 Å². The maximum atomic E-state index is 13.7. The number of benzene rings is 2. The molecule has 0 saturated heterocycles. The molecule has 3 nitrogen and oxygen atoms in total. The van der Waals surface area contributed by atoms with Crippen LogP contribution in [0, 0.1) is 5.82 Å². The first-order valence-corrected chi connectivity index (χ1v) is 9.12. The number of aromatic nitrogens is 1. The Labute approximate surface area is 153 Å². The van der Waals surface area contributed by atoms with Crippen LogP contribution >= 0.6 is 0 Å². The molecule has 1 heterocycles. The van der Waals surface area contributed by atoms with Crippen LogP contribution in [0.15, 0.2) is 60.9 Å². The van der Waals surface area contributed by atoms with Crippen molar-refractivity contribution in [3.8, 4) is 0 Å². The molecular formula is C22H25FN2O. The maximum absolute atomic E-state index is 13.7. The van der Waals surface area contributed by atoms with Crippen molar-refractivity contribution < 1.29 is 9.50 Å². The Morgan fingerprint density at radius 2 is 1.92 bits per heavy atom. The third-order valence-corrected chi connectivity index (χ3v) is 4.74. The summed E-state index contributed by atoms with van der Waals surface area (Å²) in [4.78, 5) is 4.13. The van der Waals surface area contributed by atoms with Crippen LogP contribution in [0.3, 0.4) is 0 Å². The predicted octanol–water partition coefficient (Wildman–Crippen LogP) is 4.76. The van der Waals surface area contributed by atoms with Gasteiger partial charge >= 0.3 is 0 Å². The number of pyridine rings is 1. The molecule has 0 aliphatic carbocycles. The molecular weight excluding hydrogens is 327 g/mol. The van der Waals surface area contributed by atoms with Crippen molar-refractivity contribution >= 4 is 10.8 Å². The van der Waals surface area contributed by atoms with Gasteiger partial charge in [-0.3, -0.25) is 4.98 Å². The summed E-state index contributed by atoms with van der Waals surface area (Å²) >= 11 is 0. The highest BCUT2D eigenvalue weighted by molar-refractivity contribution is 5.81. The lowest BCUT2D eigenvalue weighted by Crippen LogP contribution is -2.25. The number of aliphatic hydroxyl groups excluding tert-OH is 1. The molecule has 0 aliphatic rings. The molecule has 0 fully saturated rings. The minimum atomic E-state index is -0.738. The Balaban J connectivity index is 1.43. The van der Waals surface area contributed by atoms with E-state index >= 15 is 0 Å². The summed E-state index contributed by atoms with van der Waals surface area (Å²) in [5, 5.41) is 16.0. The molecule has 2 N–H and O–H groups in total. The van der Waals surface area contributed by atoms with E-state index in [9.17, 15) is 9.50 Å². The highest BCUT2D eigenvalue weighted by Crippen LogP contribution is 2.22. The van der Waals surface area contributed by atoms with Crippen molar-refractivity contribution in [3.05, 3.63) is 77.9 Å². The van der Waals surface area contributed by atoms with Crippen LogP contribution in [-0.2, 0) is 6.54 Å². The average molecular weight is 352 g/mol. The van der Waals surface area contributed by atoms with Crippen molar-refractivity contribution in [2.24, 2.45) is 0 Å². The van der Waals surface area contributed by atoms with Crippen molar-refractivity contribution in [2.45, 2.75) is 44.9 Å². The second-order valence-electron chi connectivity index (χ2n) is 6.81. The summed E-state index contributed by atoms with van der Waals surface area (Å²) in [5.74, 6) is -0.335. The van der Waals surface area contributed by atoms with E-state index in [1.807, 2.05) is 18.5 Å². The molecule has 2 aromatic carbocycles. The van der Waals surface area contributed by atoms with E-state index < -0.39 is 6.10 Å². The molecule has 1 aromatic heterocycles. The lowest BCUT2D eigenvalue weighted by molar-refractivity contribution is 0.158. The van der Waals surface area contributed by atoms with Crippen molar-refractivity contribution in [1.29, 1.82) is 0 Å². The maximum Gasteiger partial charge on any atom is 0.128 e. The van der Waals surface area contributed by atoms with Gasteiger partial charge < -0.3 is 10.4 Å². The van der Waals surface area contributed by atoms with Gasteiger partial charge in [0.15, 0.2) is 0 Å². The molecule has 0 bridgehead atoms. The molecule has 0 spiro atoms. The molecule has 0 aliphatic heterocycles. The lowest BCUT2D eigenvalue weighted by Gasteiger charge is -2.16. The Bertz CT molecular complexity index is 852. The molecule has 0 amide bonds. The largest absolute Gasteiger partial charge is 0.388 e. The van der Waals surface area contributed by atoms with Gasteiger partial charge in [-0.25, -0.2) is 4.39 Å². The van der Waals surface area contributed by atoms with Crippen LogP contribution in [0.5, 0.6) is 0 Å². The number of fused-ring (bicyclic) bond motifs is 1. The summed E-state index contributed by atoms with van der Waals surface area (Å²) in [7, 11) is 0. The van der Waals surface area contributed by atoms with Crippen molar-refractivity contribution in [1.82, 2.24) is 10.3 Å². The van der Waals surface area contributed by atoms with Crippen molar-refractivity contribution in [2.75, 3.05) is 0 Å². The van der Waals surface area contributed by atoms with Crippen molar-refractivity contribution in [3.63, 3.8) is 0 Å². The zero-order valence-electron chi connectivity index (χ0n) is 15.0. The van der Waals surface area contributed by atoms with E-state index in [-0.39, 0.29) is 5.82 Å². The molecule has 3 rings (SSSR count). The molecule has 26 heavy (non-hydrogen) atoms. The Hall–Kier alpha value is -2.30. The second kappa shape index (κ2) is 8.88. The van der Waals surface area contributed by atoms with E-state index in [1.54, 1.807) is 18.2 Å². The second-order valence-corrected chi connectivity index (χ2v) is 6.81. The molecule has 4 heteroatoms. The first-order chi connectivity index (χ1) is 12.6. The number of rotatable bonds is 8. The van der Waals surface area contributed by atoms with Gasteiger partial charge in [0.2, 0.25) is 0 Å². The average Bonchev–Trinajstić information content (AvgIpc) is 2.66. The number of hydrogen-bond acceptors (Lipinski definition) is 3. The third kappa shape index (κ3) is 4.87. The highest BCUT2D eigenvalue weighted by Gasteiger charge is 2.12. The van der Waals surface area contributed by atoms with E-state index in [0.717, 1.165) is 24.8 Å². The normalized spacial score (nSPS) is 13.7. The number of aliphatic hydroxyl groups is 1. The Morgan fingerprint density at radius 1 is 1.08 bits per heavy atom. The monoisotopic (exact) mass is 352 g/mol. The predicted molar refractivity (Wildman–Crippen MR) is 103 cm³/mol. The highest BCUT2D eigenvalue weighted by atomic mass is 19.1. The zero-order chi connectivity index (χ0) is 18.4. The summed E-state index contributed by atoms with van der Waals surface area (Å²) in [5.41, 5.74) is 1.63. The first kappa shape index (κ1) is 18.5. The number of nitrogens with one attached hydrogen (secondary N) is 1. The molecule has 2 atom stereocenters. The van der Waals surface area contributed by atoms with E-state index in [1.165, 1.54) is 17.0 Å². The summed E-state index contributed by atoms with van der Waals surface area (Å²) in [6.45, 7) is 2.94. The van der Waals surface area contributed by atoms with E-state index in [4.69, 9.17) is 0 Å². The minimum Gasteiger partial charge on any atom is -0.388 e. The Morgan fingerprint density at radius 3 is 2.77 bits per heavy atom. The van der Waals surface area contributed by atoms with Gasteiger partial charge in [0.1, 0.15) is 5.82 Å². The van der Waals surface area contributed by atoms with Crippen LogP contribution < -0.4 is 5.32 Å². The van der Waals surface area contributed by atoms with Crippen LogP contribution in [0.1, 0.15) is 43.4 Å². The summed E-state index contributed by atoms with van der Waals surface area (Å²) in [6, 6.07) is 15.2. The number of halogens is 1. The molecule has 0 saturated carbocycles. The van der Waals surface area contributed by atoms with Crippen LogP contribution in [0.2, 0.25) is 0 Å². The van der Waals surface area contributed by atoms with Crippen LogP contribution in [0.4, 0.5) is 4.39 Å². The summed E-state index contributed by atoms with van der Waals surface area (Å²) in [6.07, 6.45) is 5.28. The van der Waals surface area contributed by atoms with Crippen LogP contribution in [-0.4, -0.2) is 16.1 Å². The van der Waals surface area contributed by atoms with E-state index in [2.05, 4.69) is 35.4 Å². The fourth-order valence-electron chi connectivity index (χ4n) is 3.16. The topological polar surface area (TPSA) is 45.1 Å². The number of nitrogens with zero attached hydrogens (tertiary/aromatic N) is 1. The van der Waals surface area contributed by atoms with Gasteiger partial charge in [-0.05, 0) is 55.3 Å². The fraction of sp³-hybridized carbons (Fsp3) is 0.318. The molecule has 0 radical (unpaired) electrons. The number of hydrogen-bond donors (Lipinski definition) is 2. The molecule has 136 valence electrons. The SMILES string of the molecule is C[C@H](CCCC(O)c1ccccc1F)NCc1ccc2cnccc2c1. The third-order valence-electron chi connectivity index (χ3n) is 4.74. The molecule has 1 unspecified atom stereocenters. The zero-order valence-corrected chi connectivity index (χ0v) is 15.0. The van der Waals surface area contributed by atoms with Gasteiger partial charge in [-0.1, -0.05) is 30.3 Å². The summed E-state index contributed by atoms with van der Waals surface area (Å²) < 4.78 is 13.7. The quantitative estimate of drug-likeness (QED) is 0.614. The fourth-order valence-corrected chi connectivity index (χ4v) is 3.16. The Kier molecular flexibility index (Phi) is 6.31. The standard InChI is InChI=1S/C22H25FN2O/c1-16(5-4-8-22(26)20-6-2-3-7-21(20)23)25-14-17-9-10-19-15-24-12-11-18(19)13-17/h2-3,6-7,9-13,15-16,22,25-26H,4-5,8,14H2,1H3/t16-,22?/m1/s1.